The van der Waals surface area contributed by atoms with Gasteiger partial charge in [0.15, 0.2) is 0 Å². The highest BCUT2D eigenvalue weighted by atomic mass is 19.4. The van der Waals surface area contributed by atoms with Crippen LogP contribution in [0.1, 0.15) is 16.7 Å². The van der Waals surface area contributed by atoms with Gasteiger partial charge in [-0.3, -0.25) is 4.79 Å². The molecule has 0 atom stereocenters. The molecular weight excluding hydrogens is 276 g/mol. The molecule has 0 saturated heterocycles. The van der Waals surface area contributed by atoms with E-state index in [1.165, 1.54) is 0 Å². The largest absolute Gasteiger partial charge is 0.419 e. The summed E-state index contributed by atoms with van der Waals surface area (Å²) in [4.78, 5) is 11.3. The van der Waals surface area contributed by atoms with Crippen molar-refractivity contribution in [1.29, 1.82) is 0 Å². The average molecular weight is 286 g/mol. The molecule has 0 unspecified atom stereocenters. The van der Waals surface area contributed by atoms with Gasteiger partial charge in [0.1, 0.15) is 5.82 Å². The predicted molar refractivity (Wildman–Crippen MR) is 64.7 cm³/mol. The molecule has 1 aromatic carbocycles. The Hall–Kier alpha value is -2.18. The van der Waals surface area contributed by atoms with Gasteiger partial charge in [-0.15, -0.1) is 0 Å². The van der Waals surface area contributed by atoms with Crippen LogP contribution in [0, 0.1) is 19.7 Å². The number of aromatic nitrogens is 2. The van der Waals surface area contributed by atoms with Crippen molar-refractivity contribution in [3.8, 4) is 11.3 Å². The van der Waals surface area contributed by atoms with E-state index in [1.54, 1.807) is 13.8 Å². The average Bonchev–Trinajstić information content (AvgIpc) is 2.34. The zero-order valence-electron chi connectivity index (χ0n) is 10.6. The SMILES string of the molecule is Cc1c(-c2ccc(C(F)(F)F)c(F)c2)n[nH]c(=O)c1C. The first kappa shape index (κ1) is 14.2. The van der Waals surface area contributed by atoms with E-state index in [4.69, 9.17) is 0 Å². The second-order valence-corrected chi connectivity index (χ2v) is 4.34. The van der Waals surface area contributed by atoms with E-state index in [9.17, 15) is 22.4 Å². The molecule has 1 aromatic heterocycles. The van der Waals surface area contributed by atoms with E-state index in [0.29, 0.717) is 17.2 Å². The quantitative estimate of drug-likeness (QED) is 0.818. The van der Waals surface area contributed by atoms with Gasteiger partial charge in [0, 0.05) is 11.1 Å². The molecule has 0 spiro atoms. The number of nitrogens with one attached hydrogen (secondary N) is 1. The van der Waals surface area contributed by atoms with Gasteiger partial charge in [-0.25, -0.2) is 9.49 Å². The van der Waals surface area contributed by atoms with Crippen LogP contribution < -0.4 is 5.56 Å². The molecular formula is C13H10F4N2O. The van der Waals surface area contributed by atoms with Crippen molar-refractivity contribution >= 4 is 0 Å². The lowest BCUT2D eigenvalue weighted by atomic mass is 10.0. The van der Waals surface area contributed by atoms with Gasteiger partial charge in [-0.05, 0) is 31.5 Å². The summed E-state index contributed by atoms with van der Waals surface area (Å²) in [6.45, 7) is 3.16. The van der Waals surface area contributed by atoms with Gasteiger partial charge in [0.2, 0.25) is 0 Å². The molecule has 0 radical (unpaired) electrons. The summed E-state index contributed by atoms with van der Waals surface area (Å²) >= 11 is 0. The third-order valence-electron chi connectivity index (χ3n) is 3.08. The highest BCUT2D eigenvalue weighted by molar-refractivity contribution is 5.64. The van der Waals surface area contributed by atoms with Gasteiger partial charge in [-0.2, -0.15) is 18.3 Å². The molecule has 106 valence electrons. The number of rotatable bonds is 1. The Morgan fingerprint density at radius 2 is 1.80 bits per heavy atom. The lowest BCUT2D eigenvalue weighted by Gasteiger charge is -2.10. The third kappa shape index (κ3) is 2.43. The van der Waals surface area contributed by atoms with Crippen molar-refractivity contribution in [3.05, 3.63) is 51.1 Å². The number of hydrogen-bond acceptors (Lipinski definition) is 2. The summed E-state index contributed by atoms with van der Waals surface area (Å²) in [5.74, 6) is -1.37. The molecule has 0 aliphatic heterocycles. The maximum Gasteiger partial charge on any atom is 0.419 e. The minimum absolute atomic E-state index is 0.173. The zero-order valence-corrected chi connectivity index (χ0v) is 10.6. The Balaban J connectivity index is 2.59. The van der Waals surface area contributed by atoms with Crippen molar-refractivity contribution < 1.29 is 17.6 Å². The van der Waals surface area contributed by atoms with Gasteiger partial charge < -0.3 is 0 Å². The number of H-pyrrole nitrogens is 1. The van der Waals surface area contributed by atoms with Crippen LogP contribution in [-0.4, -0.2) is 10.2 Å². The maximum atomic E-state index is 13.5. The van der Waals surface area contributed by atoms with Crippen molar-refractivity contribution in [3.63, 3.8) is 0 Å². The number of halogens is 4. The van der Waals surface area contributed by atoms with E-state index < -0.39 is 23.1 Å². The summed E-state index contributed by atoms with van der Waals surface area (Å²) in [5, 5.41) is 5.98. The van der Waals surface area contributed by atoms with Gasteiger partial charge in [-0.1, -0.05) is 6.07 Å². The van der Waals surface area contributed by atoms with Crippen LogP contribution in [0.2, 0.25) is 0 Å². The van der Waals surface area contributed by atoms with Crippen molar-refractivity contribution in [2.75, 3.05) is 0 Å². The van der Waals surface area contributed by atoms with Crippen LogP contribution in [0.5, 0.6) is 0 Å². The summed E-state index contributed by atoms with van der Waals surface area (Å²) in [6.07, 6.45) is -4.74. The smallest absolute Gasteiger partial charge is 0.268 e. The van der Waals surface area contributed by atoms with Gasteiger partial charge >= 0.3 is 6.18 Å². The van der Waals surface area contributed by atoms with Crippen LogP contribution in [0.15, 0.2) is 23.0 Å². The lowest BCUT2D eigenvalue weighted by Crippen LogP contribution is -2.14. The van der Waals surface area contributed by atoms with Crippen molar-refractivity contribution in [2.45, 2.75) is 20.0 Å². The van der Waals surface area contributed by atoms with Crippen LogP contribution >= 0.6 is 0 Å². The predicted octanol–water partition coefficient (Wildman–Crippen LogP) is 3.21. The van der Waals surface area contributed by atoms with Gasteiger partial charge in [0.05, 0.1) is 11.3 Å². The summed E-state index contributed by atoms with van der Waals surface area (Å²) < 4.78 is 51.0. The maximum absolute atomic E-state index is 13.5. The number of hydrogen-bond donors (Lipinski definition) is 1. The fourth-order valence-corrected chi connectivity index (χ4v) is 1.80. The molecule has 20 heavy (non-hydrogen) atoms. The first-order chi connectivity index (χ1) is 9.21. The van der Waals surface area contributed by atoms with Crippen molar-refractivity contribution in [2.24, 2.45) is 0 Å². The number of alkyl halides is 3. The molecule has 0 aliphatic rings. The molecule has 1 N–H and O–H groups in total. The molecule has 0 aliphatic carbocycles. The second kappa shape index (κ2) is 4.73. The van der Waals surface area contributed by atoms with Crippen molar-refractivity contribution in [1.82, 2.24) is 10.2 Å². The van der Waals surface area contributed by atoms with E-state index >= 15 is 0 Å². The van der Waals surface area contributed by atoms with E-state index in [2.05, 4.69) is 10.2 Å². The first-order valence-corrected chi connectivity index (χ1v) is 5.65. The molecule has 0 amide bonds. The Morgan fingerprint density at radius 1 is 1.15 bits per heavy atom. The standard InChI is InChI=1S/C13H10F4N2O/c1-6-7(2)12(20)19-18-11(6)8-3-4-9(10(14)5-8)13(15,16)17/h3-5H,1-2H3,(H,19,20). The fourth-order valence-electron chi connectivity index (χ4n) is 1.80. The minimum Gasteiger partial charge on any atom is -0.268 e. The molecule has 0 fully saturated rings. The van der Waals surface area contributed by atoms with Crippen LogP contribution in [0.4, 0.5) is 17.6 Å². The normalized spacial score (nSPS) is 11.7. The fraction of sp³-hybridized carbons (Fsp3) is 0.231. The second-order valence-electron chi connectivity index (χ2n) is 4.34. The molecule has 0 saturated carbocycles. The Labute approximate surface area is 111 Å². The molecule has 2 rings (SSSR count). The summed E-state index contributed by atoms with van der Waals surface area (Å²) in [6, 6.07) is 2.54. The van der Waals surface area contributed by atoms with Crippen LogP contribution in [0.25, 0.3) is 11.3 Å². The van der Waals surface area contributed by atoms with E-state index in [-0.39, 0.29) is 11.3 Å². The van der Waals surface area contributed by atoms with Crippen LogP contribution in [0.3, 0.4) is 0 Å². The highest BCUT2D eigenvalue weighted by Gasteiger charge is 2.34. The zero-order chi connectivity index (χ0) is 15.1. The molecule has 7 heteroatoms. The van der Waals surface area contributed by atoms with Crippen LogP contribution in [-0.2, 0) is 6.18 Å². The minimum atomic E-state index is -4.74. The topological polar surface area (TPSA) is 45.8 Å². The lowest BCUT2D eigenvalue weighted by molar-refractivity contribution is -0.139. The summed E-state index contributed by atoms with van der Waals surface area (Å²) in [7, 11) is 0. The summed E-state index contributed by atoms with van der Waals surface area (Å²) in [5.41, 5.74) is -0.427. The molecule has 3 nitrogen and oxygen atoms in total. The monoisotopic (exact) mass is 286 g/mol. The van der Waals surface area contributed by atoms with E-state index in [1.807, 2.05) is 0 Å². The Bertz CT molecular complexity index is 719. The Kier molecular flexibility index (Phi) is 3.37. The number of benzene rings is 1. The Morgan fingerprint density at radius 3 is 2.35 bits per heavy atom. The molecule has 0 bridgehead atoms. The van der Waals surface area contributed by atoms with E-state index in [0.717, 1.165) is 12.1 Å². The molecule has 1 heterocycles. The first-order valence-electron chi connectivity index (χ1n) is 5.65. The third-order valence-corrected chi connectivity index (χ3v) is 3.08. The number of aromatic amines is 1. The number of nitrogens with zero attached hydrogens (tertiary/aromatic N) is 1. The van der Waals surface area contributed by atoms with Gasteiger partial charge in [0.25, 0.3) is 5.56 Å². The molecule has 2 aromatic rings. The highest BCUT2D eigenvalue weighted by Crippen LogP contribution is 2.33.